The van der Waals surface area contributed by atoms with Crippen LogP contribution in [0.3, 0.4) is 0 Å². The number of aryl methyl sites for hydroxylation is 1. The van der Waals surface area contributed by atoms with Crippen LogP contribution in [0.5, 0.6) is 11.5 Å². The van der Waals surface area contributed by atoms with Crippen molar-refractivity contribution < 1.29 is 28.6 Å². The van der Waals surface area contributed by atoms with Gasteiger partial charge in [0.15, 0.2) is 17.3 Å². The SMILES string of the molecule is CCOC(=O)c1c(NC(=O)C2=C(C)NC3=C(C(=O)CC(C)(C)C3)[C@@H]2c2ccc3c(c2)OCO3)sc2c1CCCC2. The molecule has 0 saturated heterocycles. The Bertz CT molecular complexity index is 1500. The molecule has 8 nitrogen and oxygen atoms in total. The number of carbonyl (C=O) groups excluding carboxylic acids is 3. The maximum atomic E-state index is 14.2. The summed E-state index contributed by atoms with van der Waals surface area (Å²) in [4.78, 5) is 42.0. The summed E-state index contributed by atoms with van der Waals surface area (Å²) in [7, 11) is 0. The summed E-state index contributed by atoms with van der Waals surface area (Å²) in [6, 6.07) is 5.59. The van der Waals surface area contributed by atoms with Crippen molar-refractivity contribution in [1.82, 2.24) is 5.32 Å². The number of rotatable bonds is 5. The number of hydrogen-bond donors (Lipinski definition) is 2. The largest absolute Gasteiger partial charge is 0.462 e. The number of thiophene rings is 1. The number of anilines is 1. The number of allylic oxidation sites excluding steroid dienone is 3. The minimum atomic E-state index is -0.588. The molecule has 1 amide bonds. The molecule has 210 valence electrons. The molecule has 6 rings (SSSR count). The summed E-state index contributed by atoms with van der Waals surface area (Å²) in [5.41, 5.74) is 4.66. The Morgan fingerprint density at radius 3 is 2.73 bits per heavy atom. The van der Waals surface area contributed by atoms with Gasteiger partial charge in [-0.05, 0) is 74.6 Å². The van der Waals surface area contributed by atoms with Crippen molar-refractivity contribution in [1.29, 1.82) is 0 Å². The van der Waals surface area contributed by atoms with Crippen molar-refractivity contribution in [2.75, 3.05) is 18.7 Å². The second kappa shape index (κ2) is 10.1. The topological polar surface area (TPSA) is 103 Å². The van der Waals surface area contributed by atoms with Gasteiger partial charge in [-0.1, -0.05) is 19.9 Å². The molecule has 1 aromatic carbocycles. The predicted molar refractivity (Wildman–Crippen MR) is 152 cm³/mol. The Morgan fingerprint density at radius 2 is 1.93 bits per heavy atom. The van der Waals surface area contributed by atoms with Gasteiger partial charge in [0.25, 0.3) is 5.91 Å². The minimum Gasteiger partial charge on any atom is -0.462 e. The molecule has 0 radical (unpaired) electrons. The monoisotopic (exact) mass is 562 g/mol. The van der Waals surface area contributed by atoms with Gasteiger partial charge in [0.2, 0.25) is 6.79 Å². The first-order valence-corrected chi connectivity index (χ1v) is 14.7. The van der Waals surface area contributed by atoms with Crippen molar-refractivity contribution in [3.05, 3.63) is 62.3 Å². The number of hydrogen-bond acceptors (Lipinski definition) is 8. The molecule has 2 N–H and O–H groups in total. The lowest BCUT2D eigenvalue weighted by Crippen LogP contribution is -2.39. The van der Waals surface area contributed by atoms with E-state index in [9.17, 15) is 14.4 Å². The zero-order chi connectivity index (χ0) is 28.2. The van der Waals surface area contributed by atoms with Crippen molar-refractivity contribution in [3.8, 4) is 11.5 Å². The smallest absolute Gasteiger partial charge is 0.341 e. The molecule has 9 heteroatoms. The van der Waals surface area contributed by atoms with E-state index in [1.807, 2.05) is 25.1 Å². The van der Waals surface area contributed by atoms with Crippen molar-refractivity contribution in [2.24, 2.45) is 5.41 Å². The Hall–Kier alpha value is -3.59. The van der Waals surface area contributed by atoms with Gasteiger partial charge >= 0.3 is 5.97 Å². The third kappa shape index (κ3) is 4.60. The fourth-order valence-corrected chi connectivity index (χ4v) is 7.68. The van der Waals surface area contributed by atoms with E-state index < -0.39 is 11.9 Å². The van der Waals surface area contributed by atoms with Gasteiger partial charge in [-0.25, -0.2) is 4.79 Å². The number of esters is 1. The fraction of sp³-hybridized carbons (Fsp3) is 0.452. The molecular formula is C31H34N2O6S. The molecule has 0 bridgehead atoms. The summed E-state index contributed by atoms with van der Waals surface area (Å²) in [6.45, 7) is 8.21. The van der Waals surface area contributed by atoms with E-state index in [1.165, 1.54) is 11.3 Å². The zero-order valence-corrected chi connectivity index (χ0v) is 24.1. The van der Waals surface area contributed by atoms with E-state index in [1.54, 1.807) is 6.92 Å². The van der Waals surface area contributed by atoms with Crippen molar-refractivity contribution in [3.63, 3.8) is 0 Å². The van der Waals surface area contributed by atoms with Crippen LogP contribution < -0.4 is 20.1 Å². The maximum Gasteiger partial charge on any atom is 0.341 e. The van der Waals surface area contributed by atoms with E-state index in [4.69, 9.17) is 14.2 Å². The number of dihydropyridines is 1. The molecular weight excluding hydrogens is 528 g/mol. The number of nitrogens with one attached hydrogen (secondary N) is 2. The third-order valence-corrected chi connectivity index (χ3v) is 9.30. The quantitative estimate of drug-likeness (QED) is 0.446. The molecule has 1 atom stereocenters. The molecule has 0 unspecified atom stereocenters. The van der Waals surface area contributed by atoms with Gasteiger partial charge in [0.1, 0.15) is 5.00 Å². The summed E-state index contributed by atoms with van der Waals surface area (Å²) >= 11 is 1.45. The normalized spacial score (nSPS) is 21.0. The molecule has 3 heterocycles. The van der Waals surface area contributed by atoms with Crippen molar-refractivity contribution >= 4 is 34.0 Å². The molecule has 40 heavy (non-hydrogen) atoms. The average Bonchev–Trinajstić information content (AvgIpc) is 3.50. The molecule has 2 aliphatic heterocycles. The second-order valence-electron chi connectivity index (χ2n) is 11.6. The highest BCUT2D eigenvalue weighted by atomic mass is 32.1. The maximum absolute atomic E-state index is 14.2. The summed E-state index contributed by atoms with van der Waals surface area (Å²) in [5, 5.41) is 7.00. The number of carbonyl (C=O) groups is 3. The summed E-state index contributed by atoms with van der Waals surface area (Å²) < 4.78 is 16.6. The molecule has 4 aliphatic rings. The lowest BCUT2D eigenvalue weighted by molar-refractivity contribution is -0.118. The summed E-state index contributed by atoms with van der Waals surface area (Å²) in [6.07, 6.45) is 4.82. The highest BCUT2D eigenvalue weighted by Gasteiger charge is 2.43. The fourth-order valence-electron chi connectivity index (χ4n) is 6.41. The van der Waals surface area contributed by atoms with Crippen LogP contribution in [0.4, 0.5) is 5.00 Å². The molecule has 0 spiro atoms. The van der Waals surface area contributed by atoms with Gasteiger partial charge < -0.3 is 24.8 Å². The van der Waals surface area contributed by atoms with Crippen LogP contribution in [-0.2, 0) is 27.2 Å². The number of Topliss-reactive ketones (excluding diaryl/α,β-unsaturated/α-hetero) is 1. The number of amides is 1. The molecule has 2 aromatic rings. The van der Waals surface area contributed by atoms with E-state index in [2.05, 4.69) is 24.5 Å². The highest BCUT2D eigenvalue weighted by Crippen LogP contribution is 2.49. The van der Waals surface area contributed by atoms with E-state index in [-0.39, 0.29) is 30.5 Å². The van der Waals surface area contributed by atoms with Crippen molar-refractivity contribution in [2.45, 2.75) is 72.1 Å². The Kier molecular flexibility index (Phi) is 6.73. The lowest BCUT2D eigenvalue weighted by Gasteiger charge is -2.39. The predicted octanol–water partition coefficient (Wildman–Crippen LogP) is 5.78. The Labute approximate surface area is 237 Å². The molecule has 0 fully saturated rings. The van der Waals surface area contributed by atoms with E-state index in [0.717, 1.165) is 47.4 Å². The van der Waals surface area contributed by atoms with Gasteiger partial charge in [-0.15, -0.1) is 11.3 Å². The molecule has 0 saturated carbocycles. The number of fused-ring (bicyclic) bond motifs is 2. The minimum absolute atomic E-state index is 0.0259. The van der Waals surface area contributed by atoms with Gasteiger partial charge in [0, 0.05) is 39.8 Å². The lowest BCUT2D eigenvalue weighted by atomic mass is 9.68. The van der Waals surface area contributed by atoms with Crippen LogP contribution in [0.15, 0.2) is 40.7 Å². The van der Waals surface area contributed by atoms with Crippen LogP contribution in [-0.4, -0.2) is 31.1 Å². The van der Waals surface area contributed by atoms with E-state index >= 15 is 0 Å². The number of ketones is 1. The third-order valence-electron chi connectivity index (χ3n) is 8.09. The number of benzene rings is 1. The van der Waals surface area contributed by atoms with Crippen LogP contribution in [0.2, 0.25) is 0 Å². The van der Waals surface area contributed by atoms with Crippen LogP contribution in [0, 0.1) is 5.41 Å². The second-order valence-corrected chi connectivity index (χ2v) is 12.7. The zero-order valence-electron chi connectivity index (χ0n) is 23.3. The van der Waals surface area contributed by atoms with Gasteiger partial charge in [-0.2, -0.15) is 0 Å². The number of ether oxygens (including phenoxy) is 3. The van der Waals surface area contributed by atoms with Crippen LogP contribution in [0.25, 0.3) is 0 Å². The average molecular weight is 563 g/mol. The Morgan fingerprint density at radius 1 is 1.15 bits per heavy atom. The molecule has 2 aliphatic carbocycles. The van der Waals surface area contributed by atoms with Crippen LogP contribution >= 0.6 is 11.3 Å². The van der Waals surface area contributed by atoms with E-state index in [0.29, 0.717) is 51.7 Å². The highest BCUT2D eigenvalue weighted by molar-refractivity contribution is 7.17. The first kappa shape index (κ1) is 26.6. The van der Waals surface area contributed by atoms with Gasteiger partial charge in [0.05, 0.1) is 12.2 Å². The standard InChI is InChI=1S/C31H34N2O6S/c1-5-37-30(36)26-18-8-6-7-9-23(18)40-29(26)33-28(35)24-16(2)32-19-13-31(3,4)14-20(34)27(19)25(24)17-10-11-21-22(12-17)39-15-38-21/h10-12,25,32H,5-9,13-15H2,1-4H3,(H,33,35)/t25-/m1/s1. The molecule has 1 aromatic heterocycles. The first-order valence-electron chi connectivity index (χ1n) is 13.9. The van der Waals surface area contributed by atoms with Gasteiger partial charge in [-0.3, -0.25) is 9.59 Å². The Balaban J connectivity index is 1.43. The first-order chi connectivity index (χ1) is 19.2. The van der Waals surface area contributed by atoms with Crippen LogP contribution in [0.1, 0.15) is 85.7 Å². The summed E-state index contributed by atoms with van der Waals surface area (Å²) in [5.74, 6) is -0.0895.